The Kier molecular flexibility index (Phi) is 3.46. The second-order valence-electron chi connectivity index (χ2n) is 3.89. The largest absolute Gasteiger partial charge is 0.271 e. The van der Waals surface area contributed by atoms with Gasteiger partial charge in [0.15, 0.2) is 0 Å². The monoisotopic (exact) mass is 231 g/mol. The van der Waals surface area contributed by atoms with Crippen LogP contribution in [0.15, 0.2) is 42.7 Å². The maximum atomic E-state index is 13.5. The summed E-state index contributed by atoms with van der Waals surface area (Å²) >= 11 is 0. The number of nitrogens with zero attached hydrogens (tertiary/aromatic N) is 1. The number of hydrogen-bond donors (Lipinski definition) is 2. The number of hydrogen-bond acceptors (Lipinski definition) is 3. The van der Waals surface area contributed by atoms with Gasteiger partial charge in [-0.05, 0) is 41.8 Å². The Morgan fingerprint density at radius 2 is 1.88 bits per heavy atom. The SMILES string of the molecule is Cc1ccc(C(NN)c2ccncc2)cc1F. The molecule has 1 aromatic heterocycles. The van der Waals surface area contributed by atoms with Crippen LogP contribution in [-0.2, 0) is 0 Å². The minimum Gasteiger partial charge on any atom is -0.271 e. The van der Waals surface area contributed by atoms with Gasteiger partial charge in [0.25, 0.3) is 0 Å². The van der Waals surface area contributed by atoms with Crippen molar-refractivity contribution in [1.29, 1.82) is 0 Å². The molecule has 0 aliphatic heterocycles. The first-order valence-corrected chi connectivity index (χ1v) is 5.34. The van der Waals surface area contributed by atoms with Gasteiger partial charge in [-0.2, -0.15) is 0 Å². The van der Waals surface area contributed by atoms with Crippen molar-refractivity contribution in [3.63, 3.8) is 0 Å². The molecule has 0 spiro atoms. The van der Waals surface area contributed by atoms with Gasteiger partial charge in [-0.3, -0.25) is 10.8 Å². The molecule has 17 heavy (non-hydrogen) atoms. The molecule has 0 bridgehead atoms. The van der Waals surface area contributed by atoms with E-state index in [2.05, 4.69) is 10.4 Å². The maximum Gasteiger partial charge on any atom is 0.126 e. The molecule has 1 aromatic carbocycles. The molecule has 3 N–H and O–H groups in total. The zero-order valence-corrected chi connectivity index (χ0v) is 9.52. The minimum absolute atomic E-state index is 0.225. The van der Waals surface area contributed by atoms with Gasteiger partial charge in [0, 0.05) is 12.4 Å². The Morgan fingerprint density at radius 3 is 2.47 bits per heavy atom. The standard InChI is InChI=1S/C13H14FN3/c1-9-2-3-11(8-12(9)14)13(17-15)10-4-6-16-7-5-10/h2-8,13,17H,15H2,1H3. The average molecular weight is 231 g/mol. The molecule has 3 nitrogen and oxygen atoms in total. The third-order valence-corrected chi connectivity index (χ3v) is 2.74. The van der Waals surface area contributed by atoms with Crippen LogP contribution in [0.3, 0.4) is 0 Å². The van der Waals surface area contributed by atoms with E-state index >= 15 is 0 Å². The van der Waals surface area contributed by atoms with Gasteiger partial charge in [0.2, 0.25) is 0 Å². The van der Waals surface area contributed by atoms with Crippen LogP contribution >= 0.6 is 0 Å². The van der Waals surface area contributed by atoms with Gasteiger partial charge in [0.1, 0.15) is 5.82 Å². The van der Waals surface area contributed by atoms with Crippen LogP contribution < -0.4 is 11.3 Å². The van der Waals surface area contributed by atoms with E-state index in [0.717, 1.165) is 11.1 Å². The summed E-state index contributed by atoms with van der Waals surface area (Å²) < 4.78 is 13.5. The van der Waals surface area contributed by atoms with Gasteiger partial charge in [-0.15, -0.1) is 0 Å². The summed E-state index contributed by atoms with van der Waals surface area (Å²) in [6.07, 6.45) is 3.37. The van der Waals surface area contributed by atoms with E-state index < -0.39 is 0 Å². The molecule has 0 aliphatic carbocycles. The Hall–Kier alpha value is -1.78. The highest BCUT2D eigenvalue weighted by atomic mass is 19.1. The predicted octanol–water partition coefficient (Wildman–Crippen LogP) is 2.08. The number of benzene rings is 1. The van der Waals surface area contributed by atoms with Crippen LogP contribution in [0.25, 0.3) is 0 Å². The number of nitrogens with one attached hydrogen (secondary N) is 1. The summed E-state index contributed by atoms with van der Waals surface area (Å²) in [6.45, 7) is 1.73. The molecule has 88 valence electrons. The molecule has 1 atom stereocenters. The molecule has 0 saturated heterocycles. The van der Waals surface area contributed by atoms with Crippen molar-refractivity contribution >= 4 is 0 Å². The van der Waals surface area contributed by atoms with E-state index in [9.17, 15) is 4.39 Å². The minimum atomic E-state index is -0.229. The Labute approximate surface area is 99.5 Å². The second kappa shape index (κ2) is 5.03. The Balaban J connectivity index is 2.39. The normalized spacial score (nSPS) is 12.4. The van der Waals surface area contributed by atoms with Gasteiger partial charge in [-0.25, -0.2) is 9.82 Å². The number of rotatable bonds is 3. The molecule has 0 aliphatic rings. The van der Waals surface area contributed by atoms with Crippen molar-refractivity contribution in [3.05, 3.63) is 65.2 Å². The first-order chi connectivity index (χ1) is 8.22. The summed E-state index contributed by atoms with van der Waals surface area (Å²) in [5.74, 6) is 5.31. The van der Waals surface area contributed by atoms with Gasteiger partial charge in [0.05, 0.1) is 6.04 Å². The predicted molar refractivity (Wildman–Crippen MR) is 64.5 cm³/mol. The number of halogens is 1. The topological polar surface area (TPSA) is 50.9 Å². The van der Waals surface area contributed by atoms with Gasteiger partial charge in [-0.1, -0.05) is 12.1 Å². The number of hydrazine groups is 1. The van der Waals surface area contributed by atoms with E-state index in [1.807, 2.05) is 18.2 Å². The summed E-state index contributed by atoms with van der Waals surface area (Å²) in [6, 6.07) is 8.58. The van der Waals surface area contributed by atoms with Crippen molar-refractivity contribution in [2.45, 2.75) is 13.0 Å². The van der Waals surface area contributed by atoms with E-state index in [0.29, 0.717) is 5.56 Å². The number of nitrogens with two attached hydrogens (primary N) is 1. The fourth-order valence-electron chi connectivity index (χ4n) is 1.73. The van der Waals surface area contributed by atoms with Gasteiger partial charge >= 0.3 is 0 Å². The lowest BCUT2D eigenvalue weighted by Crippen LogP contribution is -2.28. The van der Waals surface area contributed by atoms with E-state index in [4.69, 9.17) is 5.84 Å². The van der Waals surface area contributed by atoms with E-state index in [1.54, 1.807) is 25.4 Å². The smallest absolute Gasteiger partial charge is 0.126 e. The highest BCUT2D eigenvalue weighted by Crippen LogP contribution is 2.22. The zero-order valence-electron chi connectivity index (χ0n) is 9.52. The van der Waals surface area contributed by atoms with Crippen LogP contribution in [-0.4, -0.2) is 4.98 Å². The second-order valence-corrected chi connectivity index (χ2v) is 3.89. The van der Waals surface area contributed by atoms with Crippen LogP contribution in [0.5, 0.6) is 0 Å². The van der Waals surface area contributed by atoms with Crippen LogP contribution in [0, 0.1) is 12.7 Å². The van der Waals surface area contributed by atoms with Crippen molar-refractivity contribution in [2.24, 2.45) is 5.84 Å². The van der Waals surface area contributed by atoms with Crippen LogP contribution in [0.2, 0.25) is 0 Å². The molecular weight excluding hydrogens is 217 g/mol. The fourth-order valence-corrected chi connectivity index (χ4v) is 1.73. The van der Waals surface area contributed by atoms with Crippen molar-refractivity contribution in [3.8, 4) is 0 Å². The van der Waals surface area contributed by atoms with Crippen LogP contribution in [0.1, 0.15) is 22.7 Å². The van der Waals surface area contributed by atoms with E-state index in [-0.39, 0.29) is 11.9 Å². The molecule has 0 radical (unpaired) electrons. The summed E-state index contributed by atoms with van der Waals surface area (Å²) in [5, 5.41) is 0. The molecule has 0 fully saturated rings. The van der Waals surface area contributed by atoms with Crippen LogP contribution in [0.4, 0.5) is 4.39 Å². The lowest BCUT2D eigenvalue weighted by Gasteiger charge is -2.17. The fraction of sp³-hybridized carbons (Fsp3) is 0.154. The van der Waals surface area contributed by atoms with Gasteiger partial charge < -0.3 is 0 Å². The van der Waals surface area contributed by atoms with Crippen molar-refractivity contribution in [2.75, 3.05) is 0 Å². The molecular formula is C13H14FN3. The lowest BCUT2D eigenvalue weighted by molar-refractivity contribution is 0.598. The summed E-state index contributed by atoms with van der Waals surface area (Å²) in [4.78, 5) is 3.94. The van der Waals surface area contributed by atoms with E-state index in [1.165, 1.54) is 6.07 Å². The van der Waals surface area contributed by atoms with Crippen molar-refractivity contribution < 1.29 is 4.39 Å². The summed E-state index contributed by atoms with van der Waals surface area (Å²) in [5.41, 5.74) is 5.05. The number of pyridine rings is 1. The average Bonchev–Trinajstić information content (AvgIpc) is 2.36. The highest BCUT2D eigenvalue weighted by Gasteiger charge is 2.13. The third kappa shape index (κ3) is 2.49. The molecule has 4 heteroatoms. The molecule has 2 aromatic rings. The zero-order chi connectivity index (χ0) is 12.3. The Morgan fingerprint density at radius 1 is 1.18 bits per heavy atom. The first-order valence-electron chi connectivity index (χ1n) is 5.34. The number of aryl methyl sites for hydroxylation is 1. The molecule has 0 saturated carbocycles. The first kappa shape index (κ1) is 11.7. The maximum absolute atomic E-state index is 13.5. The number of aromatic nitrogens is 1. The Bertz CT molecular complexity index is 499. The molecule has 1 heterocycles. The highest BCUT2D eigenvalue weighted by molar-refractivity contribution is 5.32. The third-order valence-electron chi connectivity index (χ3n) is 2.74. The lowest BCUT2D eigenvalue weighted by atomic mass is 9.99. The quantitative estimate of drug-likeness (QED) is 0.628. The molecule has 1 unspecified atom stereocenters. The van der Waals surface area contributed by atoms with Crippen molar-refractivity contribution in [1.82, 2.24) is 10.4 Å². The molecule has 0 amide bonds. The molecule has 2 rings (SSSR count). The summed E-state index contributed by atoms with van der Waals surface area (Å²) in [7, 11) is 0.